The molecule has 1 saturated carbocycles. The van der Waals surface area contributed by atoms with Gasteiger partial charge in [0.2, 0.25) is 6.79 Å². The molecule has 1 unspecified atom stereocenters. The zero-order valence-corrected chi connectivity index (χ0v) is 11.8. The van der Waals surface area contributed by atoms with E-state index in [9.17, 15) is 10.2 Å². The molecule has 5 atom stereocenters. The molecule has 4 aliphatic rings. The molecule has 112 valence electrons. The van der Waals surface area contributed by atoms with Crippen molar-refractivity contribution in [2.45, 2.75) is 49.5 Å². The van der Waals surface area contributed by atoms with Crippen LogP contribution in [-0.4, -0.2) is 46.7 Å². The highest BCUT2D eigenvalue weighted by molar-refractivity contribution is 5.54. The van der Waals surface area contributed by atoms with Crippen LogP contribution in [0, 0.1) is 0 Å². The third-order valence-electron chi connectivity index (χ3n) is 5.95. The molecule has 5 rings (SSSR count). The Morgan fingerprint density at radius 2 is 1.95 bits per heavy atom. The SMILES string of the molecule is O[C@H]1CC[C@@H]2N3CC[C@]2(c2cc4c(cc2C3)OCO4)[C@H]1O. The van der Waals surface area contributed by atoms with Gasteiger partial charge in [0.15, 0.2) is 11.5 Å². The summed E-state index contributed by atoms with van der Waals surface area (Å²) in [4.78, 5) is 2.46. The molecule has 1 saturated heterocycles. The van der Waals surface area contributed by atoms with Crippen molar-refractivity contribution in [2.75, 3.05) is 13.3 Å². The lowest BCUT2D eigenvalue weighted by atomic mass is 9.61. The Morgan fingerprint density at radius 1 is 1.14 bits per heavy atom. The number of nitrogens with zero attached hydrogens (tertiary/aromatic N) is 1. The highest BCUT2D eigenvalue weighted by Gasteiger charge is 2.60. The summed E-state index contributed by atoms with van der Waals surface area (Å²) in [5.74, 6) is 1.57. The number of hydrogen-bond donors (Lipinski definition) is 2. The van der Waals surface area contributed by atoms with E-state index >= 15 is 0 Å². The number of fused-ring (bicyclic) bond motifs is 2. The van der Waals surface area contributed by atoms with Gasteiger partial charge < -0.3 is 19.7 Å². The molecule has 5 heteroatoms. The minimum Gasteiger partial charge on any atom is -0.454 e. The summed E-state index contributed by atoms with van der Waals surface area (Å²) in [5, 5.41) is 21.0. The molecule has 3 heterocycles. The van der Waals surface area contributed by atoms with Crippen LogP contribution in [0.3, 0.4) is 0 Å². The molecular weight excluding hydrogens is 270 g/mol. The molecular formula is C16H19NO4. The Balaban J connectivity index is 1.73. The predicted octanol–water partition coefficient (Wildman–Crippen LogP) is 0.757. The standard InChI is InChI=1S/C16H19NO4/c18-11-1-2-14-16(15(11)19)3-4-17(14)7-9-5-12-13(6-10(9)16)21-8-20-12/h5-6,11,14-15,18-19H,1-4,7-8H2/t11-,14-,15-,16+/m0/s1. The van der Waals surface area contributed by atoms with Gasteiger partial charge in [-0.3, -0.25) is 4.90 Å². The van der Waals surface area contributed by atoms with Gasteiger partial charge in [-0.05, 0) is 49.1 Å². The van der Waals surface area contributed by atoms with Gasteiger partial charge in [0, 0.05) is 18.0 Å². The minimum absolute atomic E-state index is 0.267. The van der Waals surface area contributed by atoms with Gasteiger partial charge in [0.05, 0.1) is 12.2 Å². The summed E-state index contributed by atoms with van der Waals surface area (Å²) in [6.07, 6.45) is 1.22. The first-order valence-corrected chi connectivity index (χ1v) is 7.73. The zero-order chi connectivity index (χ0) is 14.2. The van der Waals surface area contributed by atoms with Crippen molar-refractivity contribution in [3.05, 3.63) is 23.3 Å². The first-order valence-electron chi connectivity index (χ1n) is 7.73. The summed E-state index contributed by atoms with van der Waals surface area (Å²) in [7, 11) is 0. The molecule has 2 bridgehead atoms. The van der Waals surface area contributed by atoms with Gasteiger partial charge in [-0.2, -0.15) is 0 Å². The van der Waals surface area contributed by atoms with Crippen molar-refractivity contribution in [2.24, 2.45) is 0 Å². The van der Waals surface area contributed by atoms with Crippen LogP contribution in [-0.2, 0) is 12.0 Å². The monoisotopic (exact) mass is 289 g/mol. The molecule has 21 heavy (non-hydrogen) atoms. The third-order valence-corrected chi connectivity index (χ3v) is 5.95. The molecule has 1 aliphatic carbocycles. The molecule has 0 amide bonds. The molecule has 1 aromatic rings. The van der Waals surface area contributed by atoms with Crippen molar-refractivity contribution < 1.29 is 19.7 Å². The minimum atomic E-state index is -0.694. The van der Waals surface area contributed by atoms with Crippen molar-refractivity contribution >= 4 is 0 Å². The maximum absolute atomic E-state index is 10.8. The lowest BCUT2D eigenvalue weighted by Crippen LogP contribution is -2.60. The topological polar surface area (TPSA) is 62.2 Å². The second kappa shape index (κ2) is 3.91. The van der Waals surface area contributed by atoms with Crippen LogP contribution in [0.2, 0.25) is 0 Å². The Morgan fingerprint density at radius 3 is 2.81 bits per heavy atom. The van der Waals surface area contributed by atoms with Crippen LogP contribution in [0.1, 0.15) is 30.4 Å². The summed E-state index contributed by atoms with van der Waals surface area (Å²) in [6.45, 7) is 2.15. The van der Waals surface area contributed by atoms with E-state index in [-0.39, 0.29) is 12.2 Å². The molecule has 2 fully saturated rings. The number of rotatable bonds is 0. The van der Waals surface area contributed by atoms with Gasteiger partial charge in [0.25, 0.3) is 0 Å². The number of aliphatic hydroxyl groups is 2. The largest absolute Gasteiger partial charge is 0.454 e. The van der Waals surface area contributed by atoms with Gasteiger partial charge in [-0.15, -0.1) is 0 Å². The second-order valence-electron chi connectivity index (χ2n) is 6.73. The van der Waals surface area contributed by atoms with Crippen LogP contribution >= 0.6 is 0 Å². The lowest BCUT2D eigenvalue weighted by molar-refractivity contribution is -0.0810. The molecule has 1 aromatic carbocycles. The Bertz CT molecular complexity index is 619. The fourth-order valence-corrected chi connectivity index (χ4v) is 5.02. The van der Waals surface area contributed by atoms with E-state index < -0.39 is 12.2 Å². The Kier molecular flexibility index (Phi) is 2.28. The van der Waals surface area contributed by atoms with E-state index in [0.717, 1.165) is 43.0 Å². The van der Waals surface area contributed by atoms with Crippen molar-refractivity contribution in [3.8, 4) is 11.5 Å². The highest BCUT2D eigenvalue weighted by Crippen LogP contribution is 2.55. The highest BCUT2D eigenvalue weighted by atomic mass is 16.7. The third kappa shape index (κ3) is 1.37. The van der Waals surface area contributed by atoms with E-state index in [2.05, 4.69) is 17.0 Å². The van der Waals surface area contributed by atoms with Crippen molar-refractivity contribution in [1.82, 2.24) is 4.90 Å². The Labute approximate surface area is 123 Å². The normalized spacial score (nSPS) is 42.6. The van der Waals surface area contributed by atoms with E-state index in [1.54, 1.807) is 0 Å². The summed E-state index contributed by atoms with van der Waals surface area (Å²) >= 11 is 0. The van der Waals surface area contributed by atoms with E-state index in [1.165, 1.54) is 5.56 Å². The van der Waals surface area contributed by atoms with E-state index in [0.29, 0.717) is 12.5 Å². The number of ether oxygens (including phenoxy) is 2. The quantitative estimate of drug-likeness (QED) is 0.738. The van der Waals surface area contributed by atoms with Crippen LogP contribution in [0.4, 0.5) is 0 Å². The number of benzene rings is 1. The maximum atomic E-state index is 10.8. The molecule has 3 aliphatic heterocycles. The molecule has 0 aromatic heterocycles. The average molecular weight is 289 g/mol. The molecule has 0 radical (unpaired) electrons. The smallest absolute Gasteiger partial charge is 0.231 e. The van der Waals surface area contributed by atoms with Crippen molar-refractivity contribution in [3.63, 3.8) is 0 Å². The van der Waals surface area contributed by atoms with Crippen molar-refractivity contribution in [1.29, 1.82) is 0 Å². The predicted molar refractivity (Wildman–Crippen MR) is 74.3 cm³/mol. The summed E-state index contributed by atoms with van der Waals surface area (Å²) < 4.78 is 11.0. The molecule has 5 nitrogen and oxygen atoms in total. The fraction of sp³-hybridized carbons (Fsp3) is 0.625. The van der Waals surface area contributed by atoms with Crippen LogP contribution in [0.25, 0.3) is 0 Å². The van der Waals surface area contributed by atoms with Gasteiger partial charge in [0.1, 0.15) is 0 Å². The first kappa shape index (κ1) is 12.3. The Hall–Kier alpha value is -1.30. The summed E-state index contributed by atoms with van der Waals surface area (Å²) in [6, 6.07) is 4.44. The van der Waals surface area contributed by atoms with Crippen LogP contribution < -0.4 is 9.47 Å². The van der Waals surface area contributed by atoms with E-state index in [1.807, 2.05) is 0 Å². The maximum Gasteiger partial charge on any atom is 0.231 e. The first-order chi connectivity index (χ1) is 10.2. The number of hydrogen-bond acceptors (Lipinski definition) is 5. The fourth-order valence-electron chi connectivity index (χ4n) is 5.02. The second-order valence-corrected chi connectivity index (χ2v) is 6.73. The van der Waals surface area contributed by atoms with Gasteiger partial charge in [-0.25, -0.2) is 0 Å². The molecule has 2 N–H and O–H groups in total. The average Bonchev–Trinajstić information content (AvgIpc) is 3.04. The lowest BCUT2D eigenvalue weighted by Gasteiger charge is -2.51. The van der Waals surface area contributed by atoms with Crippen LogP contribution in [0.5, 0.6) is 11.5 Å². The van der Waals surface area contributed by atoms with Gasteiger partial charge in [-0.1, -0.05) is 0 Å². The zero-order valence-electron chi connectivity index (χ0n) is 11.8. The van der Waals surface area contributed by atoms with Crippen LogP contribution in [0.15, 0.2) is 12.1 Å². The summed E-state index contributed by atoms with van der Waals surface area (Å²) in [5.41, 5.74) is 2.03. The van der Waals surface area contributed by atoms with E-state index in [4.69, 9.17) is 9.47 Å². The number of aliphatic hydroxyl groups excluding tert-OH is 2. The molecule has 0 spiro atoms. The van der Waals surface area contributed by atoms with Gasteiger partial charge >= 0.3 is 0 Å².